The first-order chi connectivity index (χ1) is 28.7. The Bertz CT molecular complexity index is 3260. The van der Waals surface area contributed by atoms with Crippen molar-refractivity contribution in [1.29, 1.82) is 0 Å². The number of nitrogens with zero attached hydrogens (tertiary/aromatic N) is 2. The molecule has 0 aliphatic heterocycles. The first-order valence-electron chi connectivity index (χ1n) is 19.7. The number of rotatable bonds is 6. The molecule has 0 N–H and O–H groups in total. The van der Waals surface area contributed by atoms with E-state index < -0.39 is 0 Å². The lowest BCUT2D eigenvalue weighted by molar-refractivity contribution is 1.14. The monoisotopic (exact) mass is 740 g/mol. The third-order valence-electron chi connectivity index (χ3n) is 11.5. The van der Waals surface area contributed by atoms with Gasteiger partial charge >= 0.3 is 0 Å². The summed E-state index contributed by atoms with van der Waals surface area (Å²) in [5.74, 6) is 0. The Morgan fingerprint density at radius 3 is 1.22 bits per heavy atom. The molecule has 2 heterocycles. The summed E-state index contributed by atoms with van der Waals surface area (Å²) in [6, 6.07) is 76.6. The lowest BCUT2D eigenvalue weighted by atomic mass is 9.95. The second-order valence-electron chi connectivity index (χ2n) is 14.9. The second kappa shape index (κ2) is 13.8. The molecule has 58 heavy (non-hydrogen) atoms. The van der Waals surface area contributed by atoms with E-state index in [0.29, 0.717) is 10.8 Å². The molecule has 0 saturated carbocycles. The first kappa shape index (κ1) is 33.6. The predicted molar refractivity (Wildman–Crippen MR) is 243 cm³/mol. The molecule has 3 nitrogen and oxygen atoms in total. The first-order valence-corrected chi connectivity index (χ1v) is 19.7. The summed E-state index contributed by atoms with van der Waals surface area (Å²) in [5.41, 5.74) is 15.0. The largest absolute Gasteiger partial charge is 0.309 e. The third kappa shape index (κ3) is 5.56. The summed E-state index contributed by atoms with van der Waals surface area (Å²) >= 11 is 0. The maximum absolute atomic E-state index is 14.5. The highest BCUT2D eigenvalue weighted by Crippen LogP contribution is 2.41. The summed E-state index contributed by atoms with van der Waals surface area (Å²) < 4.78 is 4.65. The number of para-hydroxylation sites is 1. The Morgan fingerprint density at radius 2 is 0.690 bits per heavy atom. The molecule has 272 valence electrons. The van der Waals surface area contributed by atoms with E-state index >= 15 is 0 Å². The molecule has 0 atom stereocenters. The fourth-order valence-corrected chi connectivity index (χ4v) is 8.75. The maximum atomic E-state index is 14.5. The highest BCUT2D eigenvalue weighted by atomic mass is 16.1. The molecule has 3 heteroatoms. The minimum absolute atomic E-state index is 0.0297. The Kier molecular flexibility index (Phi) is 7.97. The van der Waals surface area contributed by atoms with Crippen molar-refractivity contribution >= 4 is 43.6 Å². The van der Waals surface area contributed by atoms with Crippen molar-refractivity contribution in [3.05, 3.63) is 229 Å². The van der Waals surface area contributed by atoms with Crippen LogP contribution in [-0.2, 0) is 0 Å². The summed E-state index contributed by atoms with van der Waals surface area (Å²) in [7, 11) is 0. The molecule has 0 aliphatic carbocycles. The smallest absolute Gasteiger partial charge is 0.197 e. The molecule has 0 amide bonds. The van der Waals surface area contributed by atoms with Gasteiger partial charge in [0.15, 0.2) is 5.43 Å². The predicted octanol–water partition coefficient (Wildman–Crippen LogP) is 13.9. The minimum atomic E-state index is 0.0297. The number of aromatic nitrogens is 2. The van der Waals surface area contributed by atoms with Gasteiger partial charge in [-0.25, -0.2) is 0 Å². The van der Waals surface area contributed by atoms with Crippen LogP contribution in [-0.4, -0.2) is 9.13 Å². The standard InChI is InChI=1S/C55H36N2O/c58-55-49-33-41(37-15-5-1-6-16-37)25-31-52(49)56(53-32-26-42(34-50(53)55)38-17-7-2-8-18-38)44-27-29-45(30-28-44)57-51-24-14-13-23-46(51)48-36-43(39-19-9-3-10-20-39)35-47(54(48)57)40-21-11-4-12-22-40/h1-36H. The maximum Gasteiger partial charge on any atom is 0.197 e. The van der Waals surface area contributed by atoms with Crippen LogP contribution in [0, 0.1) is 0 Å². The average molecular weight is 741 g/mol. The van der Waals surface area contributed by atoms with Gasteiger partial charge in [-0.2, -0.15) is 0 Å². The lowest BCUT2D eigenvalue weighted by Gasteiger charge is -2.18. The summed E-state index contributed by atoms with van der Waals surface area (Å²) in [5, 5.41) is 3.79. The quantitative estimate of drug-likeness (QED) is 0.156. The molecule has 2 aromatic heterocycles. The van der Waals surface area contributed by atoms with Crippen molar-refractivity contribution in [2.45, 2.75) is 0 Å². The van der Waals surface area contributed by atoms with E-state index in [9.17, 15) is 4.79 Å². The van der Waals surface area contributed by atoms with E-state index in [1.54, 1.807) is 0 Å². The molecule has 11 rings (SSSR count). The van der Waals surface area contributed by atoms with Crippen LogP contribution in [0.1, 0.15) is 0 Å². The van der Waals surface area contributed by atoms with Gasteiger partial charge in [0.25, 0.3) is 0 Å². The van der Waals surface area contributed by atoms with Crippen LogP contribution in [0.15, 0.2) is 223 Å². The van der Waals surface area contributed by atoms with Gasteiger partial charge in [-0.05, 0) is 106 Å². The van der Waals surface area contributed by atoms with Crippen molar-refractivity contribution in [3.63, 3.8) is 0 Å². The van der Waals surface area contributed by atoms with Crippen molar-refractivity contribution in [2.24, 2.45) is 0 Å². The van der Waals surface area contributed by atoms with Gasteiger partial charge in [-0.3, -0.25) is 4.79 Å². The van der Waals surface area contributed by atoms with Crippen LogP contribution in [0.4, 0.5) is 0 Å². The molecule has 9 aromatic carbocycles. The van der Waals surface area contributed by atoms with Crippen LogP contribution in [0.2, 0.25) is 0 Å². The molecule has 0 aliphatic rings. The highest BCUT2D eigenvalue weighted by Gasteiger charge is 2.20. The molecule has 0 fully saturated rings. The zero-order chi connectivity index (χ0) is 38.6. The summed E-state index contributed by atoms with van der Waals surface area (Å²) in [4.78, 5) is 14.5. The van der Waals surface area contributed by atoms with Gasteiger partial charge in [0.2, 0.25) is 0 Å². The number of fused-ring (bicyclic) bond motifs is 5. The van der Waals surface area contributed by atoms with Crippen LogP contribution < -0.4 is 5.43 Å². The second-order valence-corrected chi connectivity index (χ2v) is 14.9. The fraction of sp³-hybridized carbons (Fsp3) is 0. The molecular formula is C55H36N2O. The summed E-state index contributed by atoms with van der Waals surface area (Å²) in [6.07, 6.45) is 0. The molecular weight excluding hydrogens is 705 g/mol. The van der Waals surface area contributed by atoms with Gasteiger partial charge in [-0.1, -0.05) is 152 Å². The number of pyridine rings is 1. The van der Waals surface area contributed by atoms with Crippen LogP contribution in [0.3, 0.4) is 0 Å². The molecule has 0 spiro atoms. The highest BCUT2D eigenvalue weighted by molar-refractivity contribution is 6.15. The van der Waals surface area contributed by atoms with Gasteiger partial charge in [-0.15, -0.1) is 0 Å². The van der Waals surface area contributed by atoms with E-state index in [1.165, 1.54) is 38.5 Å². The van der Waals surface area contributed by atoms with E-state index in [4.69, 9.17) is 0 Å². The van der Waals surface area contributed by atoms with Gasteiger partial charge in [0.05, 0.1) is 22.1 Å². The summed E-state index contributed by atoms with van der Waals surface area (Å²) in [6.45, 7) is 0. The minimum Gasteiger partial charge on any atom is -0.309 e. The van der Waals surface area contributed by atoms with Crippen molar-refractivity contribution < 1.29 is 0 Å². The Hall–Kier alpha value is -7.75. The third-order valence-corrected chi connectivity index (χ3v) is 11.5. The number of hydrogen-bond acceptors (Lipinski definition) is 1. The van der Waals surface area contributed by atoms with Gasteiger partial charge in [0.1, 0.15) is 0 Å². The molecule has 0 bridgehead atoms. The van der Waals surface area contributed by atoms with Crippen molar-refractivity contribution in [1.82, 2.24) is 9.13 Å². The van der Waals surface area contributed by atoms with Crippen LogP contribution >= 0.6 is 0 Å². The Balaban J connectivity index is 1.14. The van der Waals surface area contributed by atoms with Crippen LogP contribution in [0.5, 0.6) is 0 Å². The van der Waals surface area contributed by atoms with E-state index in [0.717, 1.165) is 50.2 Å². The topological polar surface area (TPSA) is 26.9 Å². The van der Waals surface area contributed by atoms with E-state index in [2.05, 4.69) is 191 Å². The van der Waals surface area contributed by atoms with Gasteiger partial charge in [0, 0.05) is 38.5 Å². The molecule has 0 unspecified atom stereocenters. The zero-order valence-electron chi connectivity index (χ0n) is 31.6. The molecule has 0 radical (unpaired) electrons. The lowest BCUT2D eigenvalue weighted by Crippen LogP contribution is -2.11. The molecule has 0 saturated heterocycles. The van der Waals surface area contributed by atoms with Gasteiger partial charge < -0.3 is 9.13 Å². The normalized spacial score (nSPS) is 11.5. The Labute approximate surface area is 336 Å². The molecule has 11 aromatic rings. The SMILES string of the molecule is O=c1c2cc(-c3ccccc3)ccc2n(-c2ccc(-n3c4ccccc4c4cc(-c5ccccc5)cc(-c5ccccc5)c43)cc2)c2ccc(-c3ccccc3)cc12. The van der Waals surface area contributed by atoms with Crippen molar-refractivity contribution in [2.75, 3.05) is 0 Å². The van der Waals surface area contributed by atoms with E-state index in [1.807, 2.05) is 36.4 Å². The Morgan fingerprint density at radius 1 is 0.276 bits per heavy atom. The number of hydrogen-bond donors (Lipinski definition) is 0. The van der Waals surface area contributed by atoms with Crippen LogP contribution in [0.25, 0.3) is 99.5 Å². The number of benzene rings is 9. The average Bonchev–Trinajstić information content (AvgIpc) is 3.64. The van der Waals surface area contributed by atoms with E-state index in [-0.39, 0.29) is 5.43 Å². The zero-order valence-corrected chi connectivity index (χ0v) is 31.6. The van der Waals surface area contributed by atoms with Crippen molar-refractivity contribution in [3.8, 4) is 55.9 Å². The fourth-order valence-electron chi connectivity index (χ4n) is 8.75.